The summed E-state index contributed by atoms with van der Waals surface area (Å²) in [5, 5.41) is 0. The second kappa shape index (κ2) is 16.0. The van der Waals surface area contributed by atoms with Gasteiger partial charge in [-0.15, -0.1) is 11.8 Å². The van der Waals surface area contributed by atoms with Gasteiger partial charge in [-0.1, -0.05) is 0 Å². The molecule has 0 spiro atoms. The van der Waals surface area contributed by atoms with Gasteiger partial charge in [-0.25, -0.2) is 18.0 Å². The number of hydrogen-bond acceptors (Lipinski definition) is 9. The van der Waals surface area contributed by atoms with E-state index in [2.05, 4.69) is 9.97 Å². The number of hydrogen-bond donors (Lipinski definition) is 2. The molecule has 2 aliphatic heterocycles. The molecule has 2 aliphatic rings. The summed E-state index contributed by atoms with van der Waals surface area (Å²) in [5.74, 6) is 1.60. The summed E-state index contributed by atoms with van der Waals surface area (Å²) in [6.45, 7) is 13.6. The second-order valence-corrected chi connectivity index (χ2v) is 16.8. The van der Waals surface area contributed by atoms with Gasteiger partial charge in [0.05, 0.1) is 10.6 Å². The first kappa shape index (κ1) is 37.2. The molecule has 0 unspecified atom stereocenters. The van der Waals surface area contributed by atoms with Crippen LogP contribution in [0.15, 0.2) is 56.0 Å². The Labute approximate surface area is 275 Å². The van der Waals surface area contributed by atoms with Gasteiger partial charge in [0.1, 0.15) is 11.2 Å². The molecule has 4 heterocycles. The molecule has 2 saturated heterocycles. The average Bonchev–Trinajstić information content (AvgIpc) is 2.96. The van der Waals surface area contributed by atoms with E-state index in [0.29, 0.717) is 31.8 Å². The molecule has 0 bridgehead atoms. The quantitative estimate of drug-likeness (QED) is 0.405. The summed E-state index contributed by atoms with van der Waals surface area (Å²) in [4.78, 5) is 55.7. The van der Waals surface area contributed by atoms with Crippen LogP contribution in [0.5, 0.6) is 0 Å². The molecule has 0 saturated carbocycles. The number of carbonyl (C=O) groups is 2. The fourth-order valence-electron chi connectivity index (χ4n) is 4.91. The number of aromatic amines is 2. The van der Waals surface area contributed by atoms with Crippen molar-refractivity contribution in [1.29, 1.82) is 0 Å². The van der Waals surface area contributed by atoms with E-state index in [1.165, 1.54) is 18.3 Å². The van der Waals surface area contributed by atoms with E-state index in [1.807, 2.05) is 47.6 Å². The number of rotatable bonds is 6. The molecule has 0 aliphatic carbocycles. The van der Waals surface area contributed by atoms with Crippen LogP contribution >= 0.6 is 11.8 Å². The number of nitrogens with one attached hydrogen (secondary N) is 2. The third-order valence-electron chi connectivity index (χ3n) is 7.34. The molecule has 12 nitrogen and oxygen atoms in total. The van der Waals surface area contributed by atoms with Gasteiger partial charge >= 0.3 is 12.2 Å². The van der Waals surface area contributed by atoms with Crippen LogP contribution in [-0.2, 0) is 19.3 Å². The first-order valence-electron chi connectivity index (χ1n) is 15.6. The van der Waals surface area contributed by atoms with Crippen LogP contribution < -0.4 is 11.1 Å². The number of aromatic nitrogens is 2. The Hall–Kier alpha value is -3.26. The van der Waals surface area contributed by atoms with Crippen molar-refractivity contribution in [2.24, 2.45) is 11.8 Å². The lowest BCUT2D eigenvalue weighted by Gasteiger charge is -2.33. The maximum atomic E-state index is 12.4. The van der Waals surface area contributed by atoms with E-state index >= 15 is 0 Å². The monoisotopic (exact) mass is 680 g/mol. The third-order valence-corrected chi connectivity index (χ3v) is 10.5. The zero-order chi connectivity index (χ0) is 34.1. The summed E-state index contributed by atoms with van der Waals surface area (Å²) >= 11 is 1.75. The van der Waals surface area contributed by atoms with E-state index < -0.39 is 21.0 Å². The first-order chi connectivity index (χ1) is 21.4. The summed E-state index contributed by atoms with van der Waals surface area (Å²) in [6, 6.07) is 5.93. The Morgan fingerprint density at radius 2 is 1.22 bits per heavy atom. The van der Waals surface area contributed by atoms with Gasteiger partial charge in [-0.05, 0) is 91.2 Å². The number of ether oxygens (including phenoxy) is 2. The minimum Gasteiger partial charge on any atom is -0.444 e. The molecule has 4 rings (SSSR count). The number of nitrogens with zero attached hydrogens (tertiary/aromatic N) is 2. The van der Waals surface area contributed by atoms with Gasteiger partial charge in [-0.2, -0.15) is 0 Å². The highest BCUT2D eigenvalue weighted by atomic mass is 32.2. The van der Waals surface area contributed by atoms with Gasteiger partial charge in [0, 0.05) is 61.4 Å². The Bertz CT molecular complexity index is 1490. The lowest BCUT2D eigenvalue weighted by Crippen LogP contribution is -2.42. The zero-order valence-corrected chi connectivity index (χ0v) is 29.3. The molecule has 2 amide bonds. The van der Waals surface area contributed by atoms with Crippen LogP contribution in [-0.4, -0.2) is 89.3 Å². The average molecular weight is 681 g/mol. The van der Waals surface area contributed by atoms with Crippen LogP contribution in [0.2, 0.25) is 0 Å². The Morgan fingerprint density at radius 3 is 1.63 bits per heavy atom. The Balaban J connectivity index is 0.000000251. The van der Waals surface area contributed by atoms with Gasteiger partial charge < -0.3 is 29.2 Å². The van der Waals surface area contributed by atoms with E-state index in [4.69, 9.17) is 9.47 Å². The fourth-order valence-corrected chi connectivity index (χ4v) is 7.64. The second-order valence-electron chi connectivity index (χ2n) is 13.7. The third kappa shape index (κ3) is 12.9. The molecule has 46 heavy (non-hydrogen) atoms. The number of carbonyl (C=O) groups excluding carboxylic acids is 2. The topological polar surface area (TPSA) is 159 Å². The van der Waals surface area contributed by atoms with Gasteiger partial charge in [0.25, 0.3) is 0 Å². The molecule has 0 atom stereocenters. The first-order valence-corrected chi connectivity index (χ1v) is 18.2. The highest BCUT2D eigenvalue weighted by Crippen LogP contribution is 2.27. The van der Waals surface area contributed by atoms with Crippen LogP contribution in [0, 0.1) is 11.8 Å². The number of amides is 2. The molecule has 14 heteroatoms. The number of pyridine rings is 2. The summed E-state index contributed by atoms with van der Waals surface area (Å²) < 4.78 is 35.5. The van der Waals surface area contributed by atoms with Crippen LogP contribution in [0.3, 0.4) is 0 Å². The Kier molecular flexibility index (Phi) is 13.0. The van der Waals surface area contributed by atoms with Crippen LogP contribution in [0.1, 0.15) is 67.2 Å². The standard InChI is InChI=1S/C16H24N2O5S.C16H24N2O3S/c1-16(2,3)23-15(20)18-8-6-12(7-9-18)11-24(21,22)13-4-5-14(19)17-10-13;1-16(2,3)21-15(20)18-8-6-12(7-9-18)11-22-13-4-5-14(19)17-10-13/h4-5,10,12H,6-9,11H2,1-3H3,(H,17,19);4-5,10,12H,6-9,11H2,1-3H3,(H,17,19). The number of H-pyrrole nitrogens is 2. The van der Waals surface area contributed by atoms with Gasteiger partial charge in [0.15, 0.2) is 9.84 Å². The van der Waals surface area contributed by atoms with Crippen molar-refractivity contribution in [3.05, 3.63) is 57.4 Å². The number of sulfone groups is 1. The van der Waals surface area contributed by atoms with Crippen LogP contribution in [0.4, 0.5) is 9.59 Å². The minimum atomic E-state index is -3.45. The van der Waals surface area contributed by atoms with Crippen molar-refractivity contribution in [3.8, 4) is 0 Å². The van der Waals surface area contributed by atoms with Crippen molar-refractivity contribution in [1.82, 2.24) is 19.8 Å². The van der Waals surface area contributed by atoms with E-state index in [-0.39, 0.29) is 39.9 Å². The maximum Gasteiger partial charge on any atom is 0.410 e. The molecule has 2 aromatic heterocycles. The Morgan fingerprint density at radius 1 is 0.761 bits per heavy atom. The smallest absolute Gasteiger partial charge is 0.410 e. The lowest BCUT2D eigenvalue weighted by atomic mass is 9.99. The van der Waals surface area contributed by atoms with Crippen LogP contribution in [0.25, 0.3) is 0 Å². The largest absolute Gasteiger partial charge is 0.444 e. The highest BCUT2D eigenvalue weighted by Gasteiger charge is 2.30. The number of piperidine rings is 2. The van der Waals surface area contributed by atoms with Gasteiger partial charge in [0.2, 0.25) is 11.1 Å². The normalized spacial score (nSPS) is 16.7. The molecular weight excluding hydrogens is 633 g/mol. The van der Waals surface area contributed by atoms with E-state index in [0.717, 1.165) is 36.6 Å². The molecule has 256 valence electrons. The minimum absolute atomic E-state index is 0.0133. The summed E-state index contributed by atoms with van der Waals surface area (Å²) in [5.41, 5.74) is -1.38. The zero-order valence-electron chi connectivity index (χ0n) is 27.7. The molecule has 0 aromatic carbocycles. The summed E-state index contributed by atoms with van der Waals surface area (Å²) in [6.07, 6.45) is 5.63. The maximum absolute atomic E-state index is 12.4. The SMILES string of the molecule is CC(C)(C)OC(=O)N1CCC(CS(=O)(=O)c2ccc(=O)[nH]c2)CC1.CC(C)(C)OC(=O)N1CCC(CSc2ccc(=O)[nH]c2)CC1. The molecule has 0 radical (unpaired) electrons. The molecule has 2 fully saturated rings. The number of thioether (sulfide) groups is 1. The van der Waals surface area contributed by atoms with Gasteiger partial charge in [-0.3, -0.25) is 9.59 Å². The van der Waals surface area contributed by atoms with Crippen molar-refractivity contribution in [3.63, 3.8) is 0 Å². The van der Waals surface area contributed by atoms with Crippen molar-refractivity contribution in [2.75, 3.05) is 37.7 Å². The number of likely N-dealkylation sites (tertiary alicyclic amines) is 2. The molecular formula is C32H48N4O8S2. The highest BCUT2D eigenvalue weighted by molar-refractivity contribution is 7.99. The van der Waals surface area contributed by atoms with E-state index in [9.17, 15) is 27.6 Å². The summed E-state index contributed by atoms with van der Waals surface area (Å²) in [7, 11) is -3.45. The fraction of sp³-hybridized carbons (Fsp3) is 0.625. The van der Waals surface area contributed by atoms with Crippen molar-refractivity contribution >= 4 is 33.8 Å². The van der Waals surface area contributed by atoms with Crippen molar-refractivity contribution < 1.29 is 27.5 Å². The predicted octanol–water partition coefficient (Wildman–Crippen LogP) is 4.91. The molecule has 2 aromatic rings. The lowest BCUT2D eigenvalue weighted by molar-refractivity contribution is 0.0180. The van der Waals surface area contributed by atoms with Crippen molar-refractivity contribution in [2.45, 2.75) is 88.2 Å². The predicted molar refractivity (Wildman–Crippen MR) is 178 cm³/mol. The van der Waals surface area contributed by atoms with E-state index in [1.54, 1.807) is 33.8 Å². The molecule has 2 N–H and O–H groups in total.